The number of pyridine rings is 1. The van der Waals surface area contributed by atoms with Gasteiger partial charge < -0.3 is 0 Å². The summed E-state index contributed by atoms with van der Waals surface area (Å²) in [6.07, 6.45) is 4.61. The Labute approximate surface area is 156 Å². The topological polar surface area (TPSA) is 88.4 Å². The Bertz CT molecular complexity index is 978. The van der Waals surface area contributed by atoms with Gasteiger partial charge in [-0.2, -0.15) is 5.10 Å². The van der Waals surface area contributed by atoms with Crippen molar-refractivity contribution in [3.05, 3.63) is 89.0 Å². The second-order valence-corrected chi connectivity index (χ2v) is 5.91. The molecule has 2 aromatic heterocycles. The summed E-state index contributed by atoms with van der Waals surface area (Å²) in [6, 6.07) is 14.2. The number of benzene rings is 1. The molecule has 3 aromatic rings. The molecule has 2 N–H and O–H groups in total. The molecule has 0 spiro atoms. The van der Waals surface area contributed by atoms with E-state index in [0.717, 1.165) is 17.0 Å². The second kappa shape index (κ2) is 8.09. The number of aryl methyl sites for hydroxylation is 1. The van der Waals surface area contributed by atoms with Gasteiger partial charge in [0.2, 0.25) is 0 Å². The number of rotatable bonds is 5. The normalized spacial score (nSPS) is 10.7. The number of nitrogens with zero attached hydrogens (tertiary/aromatic N) is 3. The van der Waals surface area contributed by atoms with Gasteiger partial charge in [-0.1, -0.05) is 18.2 Å². The number of carbonyl (C=O) groups excluding carboxylic acids is 2. The van der Waals surface area contributed by atoms with Crippen molar-refractivity contribution in [3.63, 3.8) is 0 Å². The van der Waals surface area contributed by atoms with Gasteiger partial charge in [0.15, 0.2) is 0 Å². The zero-order valence-electron chi connectivity index (χ0n) is 15.0. The van der Waals surface area contributed by atoms with E-state index >= 15 is 0 Å². The minimum absolute atomic E-state index is 0.203. The molecule has 136 valence electrons. The van der Waals surface area contributed by atoms with Crippen LogP contribution in [-0.2, 0) is 0 Å². The highest BCUT2D eigenvalue weighted by atomic mass is 16.2. The zero-order chi connectivity index (χ0) is 19.2. The van der Waals surface area contributed by atoms with Gasteiger partial charge in [-0.15, -0.1) is 0 Å². The monoisotopic (exact) mass is 361 g/mol. The summed E-state index contributed by atoms with van der Waals surface area (Å²) in [6.45, 7) is 3.74. The van der Waals surface area contributed by atoms with E-state index in [1.807, 2.05) is 38.1 Å². The third kappa shape index (κ3) is 4.27. The Morgan fingerprint density at radius 3 is 2.48 bits per heavy atom. The van der Waals surface area contributed by atoms with Gasteiger partial charge in [0.05, 0.1) is 11.8 Å². The van der Waals surface area contributed by atoms with E-state index in [4.69, 9.17) is 0 Å². The average molecular weight is 361 g/mol. The fraction of sp³-hybridized carbons (Fsp3) is 0.100. The third-order valence-corrected chi connectivity index (χ3v) is 4.01. The van der Waals surface area contributed by atoms with Crippen LogP contribution in [0.4, 0.5) is 0 Å². The fourth-order valence-electron chi connectivity index (χ4n) is 2.57. The number of hydrogen-bond acceptors (Lipinski definition) is 4. The Hall–Kier alpha value is -3.74. The van der Waals surface area contributed by atoms with Crippen molar-refractivity contribution in [2.24, 2.45) is 5.10 Å². The van der Waals surface area contributed by atoms with Crippen LogP contribution >= 0.6 is 0 Å². The summed E-state index contributed by atoms with van der Waals surface area (Å²) in [5.41, 5.74) is 8.75. The highest BCUT2D eigenvalue weighted by Gasteiger charge is 2.12. The SMILES string of the molecule is Cc1cc(C=NNC(=O)c2cccnc2)c(C)n1NC(=O)c1ccccc1. The van der Waals surface area contributed by atoms with Crippen LogP contribution in [0.15, 0.2) is 66.0 Å². The predicted octanol–water partition coefficient (Wildman–Crippen LogP) is 2.65. The summed E-state index contributed by atoms with van der Waals surface area (Å²) in [7, 11) is 0. The zero-order valence-corrected chi connectivity index (χ0v) is 15.0. The molecule has 7 heteroatoms. The highest BCUT2D eigenvalue weighted by molar-refractivity contribution is 6.00. The maximum absolute atomic E-state index is 12.4. The second-order valence-electron chi connectivity index (χ2n) is 5.91. The Morgan fingerprint density at radius 1 is 1.04 bits per heavy atom. The minimum atomic E-state index is -0.342. The fourth-order valence-corrected chi connectivity index (χ4v) is 2.57. The smallest absolute Gasteiger partial charge is 0.267 e. The molecule has 0 atom stereocenters. The van der Waals surface area contributed by atoms with Crippen LogP contribution in [-0.4, -0.2) is 27.7 Å². The Morgan fingerprint density at radius 2 is 1.78 bits per heavy atom. The molecule has 27 heavy (non-hydrogen) atoms. The molecule has 1 aromatic carbocycles. The van der Waals surface area contributed by atoms with Crippen molar-refractivity contribution in [1.29, 1.82) is 0 Å². The van der Waals surface area contributed by atoms with Gasteiger partial charge in [0.1, 0.15) is 0 Å². The number of hydrazone groups is 1. The number of hydrogen-bond donors (Lipinski definition) is 2. The van der Waals surface area contributed by atoms with E-state index in [1.165, 1.54) is 6.20 Å². The van der Waals surface area contributed by atoms with Crippen LogP contribution < -0.4 is 10.9 Å². The summed E-state index contributed by atoms with van der Waals surface area (Å²) >= 11 is 0. The van der Waals surface area contributed by atoms with E-state index in [1.54, 1.807) is 41.4 Å². The molecular weight excluding hydrogens is 342 g/mol. The number of aromatic nitrogens is 2. The van der Waals surface area contributed by atoms with Gasteiger partial charge in [-0.05, 0) is 44.2 Å². The number of carbonyl (C=O) groups is 2. The van der Waals surface area contributed by atoms with Crippen molar-refractivity contribution in [2.45, 2.75) is 13.8 Å². The minimum Gasteiger partial charge on any atom is -0.267 e. The lowest BCUT2D eigenvalue weighted by atomic mass is 10.2. The summed E-state index contributed by atoms with van der Waals surface area (Å²) in [5, 5.41) is 3.99. The van der Waals surface area contributed by atoms with Crippen molar-refractivity contribution in [2.75, 3.05) is 5.43 Å². The Kier molecular flexibility index (Phi) is 5.41. The molecule has 7 nitrogen and oxygen atoms in total. The average Bonchev–Trinajstić information content (AvgIpc) is 2.96. The summed E-state index contributed by atoms with van der Waals surface area (Å²) < 4.78 is 1.69. The molecule has 3 rings (SSSR count). The maximum atomic E-state index is 12.4. The van der Waals surface area contributed by atoms with E-state index in [2.05, 4.69) is 20.9 Å². The lowest BCUT2D eigenvalue weighted by Gasteiger charge is -2.11. The first-order chi connectivity index (χ1) is 13.1. The molecule has 2 heterocycles. The van der Waals surface area contributed by atoms with Gasteiger partial charge in [0.25, 0.3) is 11.8 Å². The van der Waals surface area contributed by atoms with Crippen molar-refractivity contribution >= 4 is 18.0 Å². The van der Waals surface area contributed by atoms with Gasteiger partial charge in [0, 0.05) is 34.9 Å². The lowest BCUT2D eigenvalue weighted by Crippen LogP contribution is -2.24. The van der Waals surface area contributed by atoms with Crippen molar-refractivity contribution in [3.8, 4) is 0 Å². The Balaban J connectivity index is 1.70. The largest absolute Gasteiger partial charge is 0.272 e. The molecule has 0 bridgehead atoms. The number of nitrogens with one attached hydrogen (secondary N) is 2. The molecule has 2 amide bonds. The maximum Gasteiger partial charge on any atom is 0.272 e. The van der Waals surface area contributed by atoms with Crippen LogP contribution in [0.3, 0.4) is 0 Å². The van der Waals surface area contributed by atoms with E-state index in [0.29, 0.717) is 11.1 Å². The summed E-state index contributed by atoms with van der Waals surface area (Å²) in [4.78, 5) is 28.2. The molecular formula is C20H19N5O2. The van der Waals surface area contributed by atoms with Crippen LogP contribution in [0.2, 0.25) is 0 Å². The van der Waals surface area contributed by atoms with Crippen LogP contribution in [0.1, 0.15) is 37.7 Å². The van der Waals surface area contributed by atoms with Gasteiger partial charge in [-0.25, -0.2) is 5.43 Å². The van der Waals surface area contributed by atoms with Crippen LogP contribution in [0.5, 0.6) is 0 Å². The van der Waals surface area contributed by atoms with Gasteiger partial charge >= 0.3 is 0 Å². The van der Waals surface area contributed by atoms with E-state index < -0.39 is 0 Å². The predicted molar refractivity (Wildman–Crippen MR) is 103 cm³/mol. The molecule has 0 aliphatic carbocycles. The highest BCUT2D eigenvalue weighted by Crippen LogP contribution is 2.12. The van der Waals surface area contributed by atoms with E-state index in [9.17, 15) is 9.59 Å². The standard InChI is InChI=1S/C20H19N5O2/c1-14-11-18(13-22-23-19(26)17-9-6-10-21-12-17)15(2)25(14)24-20(27)16-7-4-3-5-8-16/h3-13H,1-2H3,(H,23,26)(H,24,27). The van der Waals surface area contributed by atoms with E-state index in [-0.39, 0.29) is 11.8 Å². The molecule has 0 saturated carbocycles. The molecule has 0 fully saturated rings. The first kappa shape index (κ1) is 18.1. The first-order valence-electron chi connectivity index (χ1n) is 8.35. The van der Waals surface area contributed by atoms with Crippen molar-refractivity contribution < 1.29 is 9.59 Å². The lowest BCUT2D eigenvalue weighted by molar-refractivity contribution is 0.0953. The number of amides is 2. The molecule has 0 unspecified atom stereocenters. The van der Waals surface area contributed by atoms with Gasteiger partial charge in [-0.3, -0.25) is 24.7 Å². The molecule has 0 aliphatic heterocycles. The summed E-state index contributed by atoms with van der Waals surface area (Å²) in [5.74, 6) is -0.545. The third-order valence-electron chi connectivity index (χ3n) is 4.01. The van der Waals surface area contributed by atoms with Crippen molar-refractivity contribution in [1.82, 2.24) is 15.1 Å². The quantitative estimate of drug-likeness (QED) is 0.541. The van der Waals surface area contributed by atoms with Crippen LogP contribution in [0, 0.1) is 13.8 Å². The van der Waals surface area contributed by atoms with Crippen LogP contribution in [0.25, 0.3) is 0 Å². The molecule has 0 saturated heterocycles. The first-order valence-corrected chi connectivity index (χ1v) is 8.35. The molecule has 0 aliphatic rings. The molecule has 0 radical (unpaired) electrons.